The summed E-state index contributed by atoms with van der Waals surface area (Å²) in [5.74, 6) is 1.23. The molecule has 0 atom stereocenters. The van der Waals surface area contributed by atoms with Crippen molar-refractivity contribution in [3.8, 4) is 22.9 Å². The first-order valence-electron chi connectivity index (χ1n) is 13.0. The van der Waals surface area contributed by atoms with E-state index in [1.54, 1.807) is 35.4 Å². The van der Waals surface area contributed by atoms with Gasteiger partial charge in [0, 0.05) is 24.2 Å². The van der Waals surface area contributed by atoms with Crippen LogP contribution in [0.2, 0.25) is 0 Å². The fraction of sp³-hybridized carbons (Fsp3) is 0.226. The molecule has 0 aliphatic carbocycles. The minimum Gasteiger partial charge on any atom is -0.493 e. The van der Waals surface area contributed by atoms with Crippen molar-refractivity contribution < 1.29 is 19.0 Å². The van der Waals surface area contributed by atoms with Crippen molar-refractivity contribution in [2.45, 2.75) is 6.42 Å². The molecule has 0 N–H and O–H groups in total. The van der Waals surface area contributed by atoms with E-state index >= 15 is 0 Å². The molecule has 1 aliphatic rings. The Bertz CT molecular complexity index is 1610. The van der Waals surface area contributed by atoms with Crippen LogP contribution in [0.1, 0.15) is 11.1 Å². The summed E-state index contributed by atoms with van der Waals surface area (Å²) < 4.78 is 18.2. The maximum atomic E-state index is 13.5. The Balaban J connectivity index is 1.50. The third-order valence-electron chi connectivity index (χ3n) is 6.55. The van der Waals surface area contributed by atoms with Gasteiger partial charge in [0.15, 0.2) is 23.9 Å². The standard InChI is InChI=1S/C31H30N4O5/c1-3-9-24-18-22(19-27(38-2)29(24)40-21-28(36)34-14-16-39-17-15-34)20-32-35-30(23-10-5-4-6-11-23)33-26-13-8-7-12-25(26)31(35)37/h3-8,10-13,18-20H,1,9,14-17,21H2,2H3. The number of fused-ring (bicyclic) bond motifs is 1. The summed E-state index contributed by atoms with van der Waals surface area (Å²) >= 11 is 0. The third-order valence-corrected chi connectivity index (χ3v) is 6.55. The molecule has 4 aromatic rings. The van der Waals surface area contributed by atoms with Gasteiger partial charge < -0.3 is 19.1 Å². The number of carbonyl (C=O) groups is 1. The van der Waals surface area contributed by atoms with E-state index in [4.69, 9.17) is 19.2 Å². The quantitative estimate of drug-likeness (QED) is 0.237. The zero-order chi connectivity index (χ0) is 27.9. The molecule has 3 aromatic carbocycles. The van der Waals surface area contributed by atoms with Crippen LogP contribution in [0, 0.1) is 0 Å². The minimum absolute atomic E-state index is 0.114. The fourth-order valence-corrected chi connectivity index (χ4v) is 4.55. The van der Waals surface area contributed by atoms with Crippen LogP contribution in [0.3, 0.4) is 0 Å². The van der Waals surface area contributed by atoms with Gasteiger partial charge in [-0.1, -0.05) is 48.5 Å². The monoisotopic (exact) mass is 538 g/mol. The number of aromatic nitrogens is 2. The number of rotatable bonds is 9. The smallest absolute Gasteiger partial charge is 0.282 e. The molecule has 40 heavy (non-hydrogen) atoms. The van der Waals surface area contributed by atoms with Crippen LogP contribution in [0.5, 0.6) is 11.5 Å². The number of allylic oxidation sites excluding steroid dienone is 1. The SMILES string of the molecule is C=CCc1cc(C=Nn2c(-c3ccccc3)nc3ccccc3c2=O)cc(OC)c1OCC(=O)N1CCOCC1. The molecule has 2 heterocycles. The number of carbonyl (C=O) groups excluding carboxylic acids is 1. The van der Waals surface area contributed by atoms with Crippen molar-refractivity contribution in [1.82, 2.24) is 14.6 Å². The summed E-state index contributed by atoms with van der Waals surface area (Å²) in [5.41, 5.74) is 2.54. The summed E-state index contributed by atoms with van der Waals surface area (Å²) in [6.07, 6.45) is 3.81. The Kier molecular flexibility index (Phi) is 8.32. The van der Waals surface area contributed by atoms with Crippen LogP contribution in [0.25, 0.3) is 22.3 Å². The summed E-state index contributed by atoms with van der Waals surface area (Å²) in [7, 11) is 1.54. The molecule has 0 saturated carbocycles. The number of methoxy groups -OCH3 is 1. The molecule has 0 spiro atoms. The lowest BCUT2D eigenvalue weighted by Crippen LogP contribution is -2.43. The van der Waals surface area contributed by atoms with Gasteiger partial charge in [0.25, 0.3) is 11.5 Å². The number of benzene rings is 3. The molecule has 1 fully saturated rings. The summed E-state index contributed by atoms with van der Waals surface area (Å²) in [4.78, 5) is 32.6. The normalized spacial score (nSPS) is 13.5. The Labute approximate surface area is 231 Å². The molecule has 204 valence electrons. The van der Waals surface area contributed by atoms with Gasteiger partial charge in [0.2, 0.25) is 0 Å². The van der Waals surface area contributed by atoms with Crippen LogP contribution in [0.4, 0.5) is 0 Å². The highest BCUT2D eigenvalue weighted by Crippen LogP contribution is 2.33. The molecular formula is C31H30N4O5. The molecule has 1 amide bonds. The van der Waals surface area contributed by atoms with Crippen molar-refractivity contribution in [3.63, 3.8) is 0 Å². The zero-order valence-corrected chi connectivity index (χ0v) is 22.3. The predicted octanol–water partition coefficient (Wildman–Crippen LogP) is 3.92. The van der Waals surface area contributed by atoms with Gasteiger partial charge in [-0.2, -0.15) is 9.78 Å². The minimum atomic E-state index is -0.277. The van der Waals surface area contributed by atoms with E-state index < -0.39 is 0 Å². The first kappa shape index (κ1) is 26.8. The maximum absolute atomic E-state index is 13.5. The molecule has 1 aliphatic heterocycles. The zero-order valence-electron chi connectivity index (χ0n) is 22.3. The Morgan fingerprint density at radius 2 is 1.85 bits per heavy atom. The van der Waals surface area contributed by atoms with Crippen molar-refractivity contribution in [3.05, 3.63) is 101 Å². The first-order valence-corrected chi connectivity index (χ1v) is 13.0. The van der Waals surface area contributed by atoms with Crippen LogP contribution in [0.15, 0.2) is 89.3 Å². The number of ether oxygens (including phenoxy) is 3. The van der Waals surface area contributed by atoms with Crippen molar-refractivity contribution in [2.24, 2.45) is 5.10 Å². The predicted molar refractivity (Wildman–Crippen MR) is 154 cm³/mol. The van der Waals surface area contributed by atoms with Crippen molar-refractivity contribution in [2.75, 3.05) is 40.0 Å². The van der Waals surface area contributed by atoms with E-state index in [0.717, 1.165) is 11.1 Å². The van der Waals surface area contributed by atoms with E-state index in [1.165, 1.54) is 11.8 Å². The highest BCUT2D eigenvalue weighted by molar-refractivity contribution is 5.83. The van der Waals surface area contributed by atoms with E-state index in [9.17, 15) is 9.59 Å². The molecular weight excluding hydrogens is 508 g/mol. The molecule has 0 radical (unpaired) electrons. The highest BCUT2D eigenvalue weighted by Gasteiger charge is 2.20. The van der Waals surface area contributed by atoms with E-state index in [0.29, 0.717) is 66.5 Å². The number of hydrogen-bond donors (Lipinski definition) is 0. The van der Waals surface area contributed by atoms with Crippen LogP contribution in [-0.2, 0) is 16.0 Å². The molecule has 1 aromatic heterocycles. The second-order valence-corrected chi connectivity index (χ2v) is 9.17. The van der Waals surface area contributed by atoms with Crippen LogP contribution >= 0.6 is 0 Å². The van der Waals surface area contributed by atoms with Gasteiger partial charge in [0.1, 0.15) is 0 Å². The number of morpholine rings is 1. The molecule has 1 saturated heterocycles. The average molecular weight is 539 g/mol. The number of para-hydroxylation sites is 1. The number of amides is 1. The lowest BCUT2D eigenvalue weighted by Gasteiger charge is -2.27. The van der Waals surface area contributed by atoms with Gasteiger partial charge >= 0.3 is 0 Å². The third kappa shape index (κ3) is 5.79. The largest absolute Gasteiger partial charge is 0.493 e. The molecule has 9 nitrogen and oxygen atoms in total. The second-order valence-electron chi connectivity index (χ2n) is 9.17. The Morgan fingerprint density at radius 3 is 2.60 bits per heavy atom. The average Bonchev–Trinajstić information content (AvgIpc) is 3.00. The lowest BCUT2D eigenvalue weighted by atomic mass is 10.1. The van der Waals surface area contributed by atoms with Gasteiger partial charge in [0.05, 0.1) is 37.4 Å². The lowest BCUT2D eigenvalue weighted by molar-refractivity contribution is -0.137. The molecule has 0 bridgehead atoms. The summed E-state index contributed by atoms with van der Waals surface area (Å²) in [6, 6.07) is 20.3. The van der Waals surface area contributed by atoms with Gasteiger partial charge in [-0.05, 0) is 36.2 Å². The topological polar surface area (TPSA) is 95.2 Å². The Hall–Kier alpha value is -4.76. The van der Waals surface area contributed by atoms with Gasteiger partial charge in [-0.15, -0.1) is 6.58 Å². The summed E-state index contributed by atoms with van der Waals surface area (Å²) in [5, 5.41) is 5.04. The van der Waals surface area contributed by atoms with Crippen molar-refractivity contribution >= 4 is 23.0 Å². The number of hydrogen-bond acceptors (Lipinski definition) is 7. The number of nitrogens with zero attached hydrogens (tertiary/aromatic N) is 4. The van der Waals surface area contributed by atoms with Crippen molar-refractivity contribution in [1.29, 1.82) is 0 Å². The molecule has 0 unspecified atom stereocenters. The summed E-state index contributed by atoms with van der Waals surface area (Å²) in [6.45, 7) is 5.87. The van der Waals surface area contributed by atoms with Gasteiger partial charge in [-0.3, -0.25) is 9.59 Å². The van der Waals surface area contributed by atoms with Crippen LogP contribution < -0.4 is 15.0 Å². The van der Waals surface area contributed by atoms with Gasteiger partial charge in [-0.25, -0.2) is 4.98 Å². The van der Waals surface area contributed by atoms with E-state index in [2.05, 4.69) is 11.7 Å². The highest BCUT2D eigenvalue weighted by atomic mass is 16.5. The first-order chi connectivity index (χ1) is 19.6. The molecule has 5 rings (SSSR count). The van der Waals surface area contributed by atoms with E-state index in [-0.39, 0.29) is 18.1 Å². The molecule has 9 heteroatoms. The second kappa shape index (κ2) is 12.4. The Morgan fingerprint density at radius 1 is 1.10 bits per heavy atom. The van der Waals surface area contributed by atoms with E-state index in [1.807, 2.05) is 48.5 Å². The van der Waals surface area contributed by atoms with Crippen LogP contribution in [-0.4, -0.2) is 66.7 Å². The maximum Gasteiger partial charge on any atom is 0.282 e. The fourth-order valence-electron chi connectivity index (χ4n) is 4.55.